The molecule has 0 aliphatic heterocycles. The Morgan fingerprint density at radius 3 is 2.64 bits per heavy atom. The van der Waals surface area contributed by atoms with Crippen LogP contribution in [0.2, 0.25) is 0 Å². The summed E-state index contributed by atoms with van der Waals surface area (Å²) in [5.74, 6) is 0.596. The predicted molar refractivity (Wildman–Crippen MR) is 54.4 cm³/mol. The largest absolute Gasteiger partial charge is 0.310 e. The van der Waals surface area contributed by atoms with E-state index in [1.54, 1.807) is 6.92 Å². The molecular weight excluding hydrogens is 178 g/mol. The molecule has 0 bridgehead atoms. The molecule has 0 aliphatic carbocycles. The summed E-state index contributed by atoms with van der Waals surface area (Å²) in [6, 6.07) is 1.82. The minimum absolute atomic E-state index is 0.122. The molecule has 0 radical (unpaired) electrons. The van der Waals surface area contributed by atoms with E-state index < -0.39 is 0 Å². The second-order valence-corrected chi connectivity index (χ2v) is 3.41. The Morgan fingerprint density at radius 2 is 1.93 bits per heavy atom. The number of rotatable bonds is 0. The Hall–Kier alpha value is -1.71. The number of H-pyrrole nitrogens is 1. The first kappa shape index (κ1) is 8.87. The van der Waals surface area contributed by atoms with Crippen molar-refractivity contribution in [2.45, 2.75) is 20.8 Å². The molecule has 2 heterocycles. The van der Waals surface area contributed by atoms with Crippen molar-refractivity contribution in [2.75, 3.05) is 0 Å². The molecule has 0 aliphatic rings. The quantitative estimate of drug-likeness (QED) is 0.678. The monoisotopic (exact) mass is 189 g/mol. The zero-order chi connectivity index (χ0) is 10.3. The van der Waals surface area contributed by atoms with Gasteiger partial charge in [0, 0.05) is 5.69 Å². The van der Waals surface area contributed by atoms with Gasteiger partial charge in [-0.1, -0.05) is 0 Å². The second kappa shape index (κ2) is 2.90. The molecule has 2 aromatic heterocycles. The lowest BCUT2D eigenvalue weighted by Gasteiger charge is -2.01. The third-order valence-electron chi connectivity index (χ3n) is 2.26. The number of hydrogen-bond acceptors (Lipinski definition) is 3. The van der Waals surface area contributed by atoms with Crippen molar-refractivity contribution in [3.05, 3.63) is 33.5 Å². The molecule has 1 N–H and O–H groups in total. The number of pyridine rings is 1. The second-order valence-electron chi connectivity index (χ2n) is 3.41. The van der Waals surface area contributed by atoms with E-state index in [4.69, 9.17) is 0 Å². The van der Waals surface area contributed by atoms with Gasteiger partial charge in [-0.05, 0) is 32.4 Å². The fraction of sp³-hybridized carbons (Fsp3) is 0.300. The van der Waals surface area contributed by atoms with Crippen LogP contribution in [0, 0.1) is 20.8 Å². The van der Waals surface area contributed by atoms with Gasteiger partial charge in [-0.3, -0.25) is 4.79 Å². The molecule has 72 valence electrons. The minimum Gasteiger partial charge on any atom is -0.310 e. The first-order valence-electron chi connectivity index (χ1n) is 4.43. The van der Waals surface area contributed by atoms with Gasteiger partial charge in [-0.15, -0.1) is 0 Å². The van der Waals surface area contributed by atoms with Gasteiger partial charge >= 0.3 is 0 Å². The SMILES string of the molecule is Cc1nc2nc(C)c(C)cc2c(=O)[nH]1. The van der Waals surface area contributed by atoms with E-state index in [1.807, 2.05) is 19.9 Å². The molecule has 0 saturated heterocycles. The van der Waals surface area contributed by atoms with Crippen molar-refractivity contribution in [1.82, 2.24) is 15.0 Å². The Morgan fingerprint density at radius 1 is 1.21 bits per heavy atom. The summed E-state index contributed by atoms with van der Waals surface area (Å²) in [7, 11) is 0. The van der Waals surface area contributed by atoms with Crippen LogP contribution < -0.4 is 5.56 Å². The highest BCUT2D eigenvalue weighted by atomic mass is 16.1. The third kappa shape index (κ3) is 1.28. The molecule has 4 heteroatoms. The zero-order valence-electron chi connectivity index (χ0n) is 8.38. The molecule has 0 atom stereocenters. The average Bonchev–Trinajstić information content (AvgIpc) is 2.08. The van der Waals surface area contributed by atoms with Crippen molar-refractivity contribution in [2.24, 2.45) is 0 Å². The molecule has 2 aromatic rings. The van der Waals surface area contributed by atoms with E-state index in [0.717, 1.165) is 11.3 Å². The fourth-order valence-electron chi connectivity index (χ4n) is 1.36. The molecule has 0 amide bonds. The van der Waals surface area contributed by atoms with Crippen LogP contribution in [0.15, 0.2) is 10.9 Å². The standard InChI is InChI=1S/C10H11N3O/c1-5-4-8-9(11-6(5)2)12-7(3)13-10(8)14/h4H,1-3H3,(H,11,12,13,14). The Labute approximate surface area is 81.0 Å². The van der Waals surface area contributed by atoms with Crippen LogP contribution in [0.5, 0.6) is 0 Å². The van der Waals surface area contributed by atoms with E-state index in [1.165, 1.54) is 0 Å². The normalized spacial score (nSPS) is 10.8. The third-order valence-corrected chi connectivity index (χ3v) is 2.26. The van der Waals surface area contributed by atoms with Crippen LogP contribution in [0.1, 0.15) is 17.1 Å². The lowest BCUT2D eigenvalue weighted by atomic mass is 10.2. The number of hydrogen-bond donors (Lipinski definition) is 1. The minimum atomic E-state index is -0.122. The fourth-order valence-corrected chi connectivity index (χ4v) is 1.36. The van der Waals surface area contributed by atoms with Crippen molar-refractivity contribution in [3.63, 3.8) is 0 Å². The summed E-state index contributed by atoms with van der Waals surface area (Å²) in [4.78, 5) is 22.6. The Bertz CT molecular complexity index is 557. The summed E-state index contributed by atoms with van der Waals surface area (Å²) in [5, 5.41) is 0.554. The lowest BCUT2D eigenvalue weighted by molar-refractivity contribution is 1.03. The molecule has 4 nitrogen and oxygen atoms in total. The van der Waals surface area contributed by atoms with Crippen molar-refractivity contribution in [3.8, 4) is 0 Å². The van der Waals surface area contributed by atoms with Gasteiger partial charge in [0.25, 0.3) is 5.56 Å². The van der Waals surface area contributed by atoms with Crippen LogP contribution in [0.25, 0.3) is 11.0 Å². The highest BCUT2D eigenvalue weighted by Gasteiger charge is 2.04. The van der Waals surface area contributed by atoms with Gasteiger partial charge in [0.1, 0.15) is 5.82 Å². The summed E-state index contributed by atoms with van der Waals surface area (Å²) >= 11 is 0. The maximum absolute atomic E-state index is 11.5. The maximum Gasteiger partial charge on any atom is 0.260 e. The highest BCUT2D eigenvalue weighted by Crippen LogP contribution is 2.09. The topological polar surface area (TPSA) is 58.6 Å². The molecule has 0 fully saturated rings. The molecule has 2 rings (SSSR count). The van der Waals surface area contributed by atoms with Gasteiger partial charge in [-0.2, -0.15) is 0 Å². The van der Waals surface area contributed by atoms with Gasteiger partial charge < -0.3 is 4.98 Å². The lowest BCUT2D eigenvalue weighted by Crippen LogP contribution is -2.11. The number of aromatic amines is 1. The van der Waals surface area contributed by atoms with Crippen molar-refractivity contribution >= 4 is 11.0 Å². The van der Waals surface area contributed by atoms with Gasteiger partial charge in [0.2, 0.25) is 0 Å². The van der Waals surface area contributed by atoms with Gasteiger partial charge in [-0.25, -0.2) is 9.97 Å². The Balaban J connectivity index is 2.96. The number of aromatic nitrogens is 3. The highest BCUT2D eigenvalue weighted by molar-refractivity contribution is 5.74. The van der Waals surface area contributed by atoms with Crippen LogP contribution >= 0.6 is 0 Å². The van der Waals surface area contributed by atoms with Gasteiger partial charge in [0.15, 0.2) is 5.65 Å². The zero-order valence-corrected chi connectivity index (χ0v) is 8.38. The molecule has 0 unspecified atom stereocenters. The summed E-state index contributed by atoms with van der Waals surface area (Å²) < 4.78 is 0. The number of aryl methyl sites for hydroxylation is 3. The van der Waals surface area contributed by atoms with E-state index >= 15 is 0 Å². The van der Waals surface area contributed by atoms with E-state index in [2.05, 4.69) is 15.0 Å². The maximum atomic E-state index is 11.5. The van der Waals surface area contributed by atoms with Crippen molar-refractivity contribution < 1.29 is 0 Å². The average molecular weight is 189 g/mol. The molecule has 0 aromatic carbocycles. The molecule has 14 heavy (non-hydrogen) atoms. The molecule has 0 saturated carbocycles. The van der Waals surface area contributed by atoms with E-state index in [0.29, 0.717) is 16.9 Å². The van der Waals surface area contributed by atoms with E-state index in [9.17, 15) is 4.79 Å². The van der Waals surface area contributed by atoms with Crippen LogP contribution in [0.3, 0.4) is 0 Å². The number of fused-ring (bicyclic) bond motifs is 1. The summed E-state index contributed by atoms with van der Waals surface area (Å²) in [6.45, 7) is 5.59. The number of nitrogens with one attached hydrogen (secondary N) is 1. The summed E-state index contributed by atoms with van der Waals surface area (Å²) in [5.41, 5.74) is 2.32. The predicted octanol–water partition coefficient (Wildman–Crippen LogP) is 1.24. The van der Waals surface area contributed by atoms with Crippen LogP contribution in [-0.4, -0.2) is 15.0 Å². The van der Waals surface area contributed by atoms with Crippen molar-refractivity contribution in [1.29, 1.82) is 0 Å². The molecular formula is C10H11N3O. The molecule has 0 spiro atoms. The Kier molecular flexibility index (Phi) is 1.84. The first-order chi connectivity index (χ1) is 6.58. The number of nitrogens with zero attached hydrogens (tertiary/aromatic N) is 2. The van der Waals surface area contributed by atoms with Gasteiger partial charge in [0.05, 0.1) is 5.39 Å². The van der Waals surface area contributed by atoms with Crippen LogP contribution in [-0.2, 0) is 0 Å². The van der Waals surface area contributed by atoms with E-state index in [-0.39, 0.29) is 5.56 Å². The first-order valence-corrected chi connectivity index (χ1v) is 4.43. The van der Waals surface area contributed by atoms with Crippen LogP contribution in [0.4, 0.5) is 0 Å². The smallest absolute Gasteiger partial charge is 0.260 e. The summed E-state index contributed by atoms with van der Waals surface area (Å²) in [6.07, 6.45) is 0.